The van der Waals surface area contributed by atoms with E-state index in [-0.39, 0.29) is 29.5 Å². The van der Waals surface area contributed by atoms with Crippen LogP contribution in [0.25, 0.3) is 0 Å². The number of halogens is 1. The highest BCUT2D eigenvalue weighted by Gasteiger charge is 2.27. The predicted molar refractivity (Wildman–Crippen MR) is 115 cm³/mol. The molecular formula is C21H19ClN4O5. The van der Waals surface area contributed by atoms with E-state index < -0.39 is 4.92 Å². The van der Waals surface area contributed by atoms with E-state index in [1.54, 1.807) is 47.5 Å². The lowest BCUT2D eigenvalue weighted by atomic mass is 10.2. The number of carbonyl (C=O) groups is 1. The maximum absolute atomic E-state index is 12.8. The zero-order chi connectivity index (χ0) is 22.0. The van der Waals surface area contributed by atoms with Crippen LogP contribution in [-0.4, -0.2) is 46.5 Å². The lowest BCUT2D eigenvalue weighted by Gasteiger charge is -2.35. The summed E-state index contributed by atoms with van der Waals surface area (Å²) in [5.74, 6) is 0.453. The molecule has 1 saturated heterocycles. The number of hydrogen-bond donors (Lipinski definition) is 0. The lowest BCUT2D eigenvalue weighted by Crippen LogP contribution is -2.48. The van der Waals surface area contributed by atoms with Crippen molar-refractivity contribution in [2.45, 2.75) is 6.54 Å². The Balaban J connectivity index is 1.41. The van der Waals surface area contributed by atoms with Gasteiger partial charge in [0.05, 0.1) is 11.5 Å². The minimum atomic E-state index is -0.457. The zero-order valence-corrected chi connectivity index (χ0v) is 17.2. The molecule has 10 heteroatoms. The molecule has 1 aromatic carbocycles. The minimum Gasteiger partial charge on any atom is -0.454 e. The first-order valence-electron chi connectivity index (χ1n) is 9.65. The number of hydrogen-bond acceptors (Lipinski definition) is 6. The van der Waals surface area contributed by atoms with Crippen molar-refractivity contribution in [2.24, 2.45) is 0 Å². The molecule has 3 heterocycles. The highest BCUT2D eigenvalue weighted by atomic mass is 35.5. The molecule has 2 aromatic heterocycles. The Morgan fingerprint density at radius 3 is 2.58 bits per heavy atom. The number of nitro groups is 1. The molecule has 1 aliphatic heterocycles. The van der Waals surface area contributed by atoms with E-state index >= 15 is 0 Å². The van der Waals surface area contributed by atoms with E-state index in [2.05, 4.69) is 0 Å². The largest absolute Gasteiger partial charge is 0.454 e. The van der Waals surface area contributed by atoms with Gasteiger partial charge in [-0.2, -0.15) is 0 Å². The second kappa shape index (κ2) is 8.65. The van der Waals surface area contributed by atoms with Gasteiger partial charge < -0.3 is 18.8 Å². The van der Waals surface area contributed by atoms with Crippen molar-refractivity contribution in [3.05, 3.63) is 91.7 Å². The average molecular weight is 443 g/mol. The normalized spacial score (nSPS) is 14.0. The molecule has 9 nitrogen and oxygen atoms in total. The fourth-order valence-electron chi connectivity index (χ4n) is 3.55. The Hall–Kier alpha value is -3.59. The van der Waals surface area contributed by atoms with Gasteiger partial charge in [0.25, 0.3) is 17.2 Å². The summed E-state index contributed by atoms with van der Waals surface area (Å²) in [5, 5.41) is 11.7. The van der Waals surface area contributed by atoms with Crippen molar-refractivity contribution in [1.82, 2.24) is 9.47 Å². The Morgan fingerprint density at radius 1 is 1.10 bits per heavy atom. The molecule has 0 saturated carbocycles. The molecule has 1 amide bonds. The first kappa shape index (κ1) is 20.7. The van der Waals surface area contributed by atoms with Crippen molar-refractivity contribution in [2.75, 3.05) is 31.1 Å². The molecule has 0 atom stereocenters. The van der Waals surface area contributed by atoms with Crippen molar-refractivity contribution in [1.29, 1.82) is 0 Å². The summed E-state index contributed by atoms with van der Waals surface area (Å²) in [6.07, 6.45) is 1.65. The van der Waals surface area contributed by atoms with Crippen LogP contribution in [0.15, 0.2) is 63.9 Å². The molecule has 0 unspecified atom stereocenters. The van der Waals surface area contributed by atoms with Crippen LogP contribution in [0.1, 0.15) is 16.3 Å². The predicted octanol–water partition coefficient (Wildman–Crippen LogP) is 3.01. The quantitative estimate of drug-likeness (QED) is 0.444. The van der Waals surface area contributed by atoms with Gasteiger partial charge >= 0.3 is 0 Å². The second-order valence-electron chi connectivity index (χ2n) is 7.10. The number of nitrogens with zero attached hydrogens (tertiary/aromatic N) is 4. The maximum atomic E-state index is 12.8. The van der Waals surface area contributed by atoms with Gasteiger partial charge in [-0.1, -0.05) is 17.7 Å². The third-order valence-electron chi connectivity index (χ3n) is 5.14. The molecular weight excluding hydrogens is 424 g/mol. The van der Waals surface area contributed by atoms with Crippen LogP contribution in [0.3, 0.4) is 0 Å². The smallest absolute Gasteiger partial charge is 0.294 e. The van der Waals surface area contributed by atoms with Crippen LogP contribution in [0, 0.1) is 10.1 Å². The van der Waals surface area contributed by atoms with Crippen LogP contribution < -0.4 is 10.5 Å². The van der Waals surface area contributed by atoms with Gasteiger partial charge in [-0.3, -0.25) is 19.7 Å². The minimum absolute atomic E-state index is 0.0564. The SMILES string of the molecule is O=C(c1ccc(Cn2ccccc2=O)o1)N1CCN(c2ccc(Cl)cc2[N+](=O)[O-])CC1. The van der Waals surface area contributed by atoms with Gasteiger partial charge in [0.15, 0.2) is 5.76 Å². The van der Waals surface area contributed by atoms with E-state index in [4.69, 9.17) is 16.0 Å². The zero-order valence-electron chi connectivity index (χ0n) is 16.4. The van der Waals surface area contributed by atoms with E-state index in [1.165, 1.54) is 16.7 Å². The lowest BCUT2D eigenvalue weighted by molar-refractivity contribution is -0.384. The molecule has 1 aliphatic rings. The fraction of sp³-hybridized carbons (Fsp3) is 0.238. The number of aromatic nitrogens is 1. The highest BCUT2D eigenvalue weighted by Crippen LogP contribution is 2.31. The molecule has 0 spiro atoms. The van der Waals surface area contributed by atoms with Crippen LogP contribution >= 0.6 is 11.6 Å². The number of piperazine rings is 1. The molecule has 0 bridgehead atoms. The van der Waals surface area contributed by atoms with Crippen molar-refractivity contribution < 1.29 is 14.1 Å². The molecule has 0 radical (unpaired) electrons. The fourth-order valence-corrected chi connectivity index (χ4v) is 3.72. The summed E-state index contributed by atoms with van der Waals surface area (Å²) in [6, 6.07) is 12.7. The van der Waals surface area contributed by atoms with Gasteiger partial charge in [0.2, 0.25) is 0 Å². The topological polar surface area (TPSA) is 102 Å². The summed E-state index contributed by atoms with van der Waals surface area (Å²) in [4.78, 5) is 39.1. The van der Waals surface area contributed by atoms with Crippen LogP contribution in [0.4, 0.5) is 11.4 Å². The Bertz CT molecular complexity index is 1180. The second-order valence-corrected chi connectivity index (χ2v) is 7.54. The number of anilines is 1. The molecule has 0 N–H and O–H groups in total. The molecule has 160 valence electrons. The summed E-state index contributed by atoms with van der Waals surface area (Å²) in [7, 11) is 0. The van der Waals surface area contributed by atoms with Crippen LogP contribution in [0.2, 0.25) is 5.02 Å². The first-order chi connectivity index (χ1) is 14.9. The summed E-state index contributed by atoms with van der Waals surface area (Å²) in [6.45, 7) is 1.92. The molecule has 1 fully saturated rings. The molecule has 0 aliphatic carbocycles. The van der Waals surface area contributed by atoms with Gasteiger partial charge in [0.1, 0.15) is 11.4 Å². The highest BCUT2D eigenvalue weighted by molar-refractivity contribution is 6.30. The number of carbonyl (C=O) groups excluding carboxylic acids is 1. The van der Waals surface area contributed by atoms with E-state index in [0.29, 0.717) is 42.6 Å². The molecule has 3 aromatic rings. The van der Waals surface area contributed by atoms with Crippen molar-refractivity contribution >= 4 is 28.9 Å². The van der Waals surface area contributed by atoms with Crippen molar-refractivity contribution in [3.8, 4) is 0 Å². The number of furan rings is 1. The molecule has 4 rings (SSSR count). The number of pyridine rings is 1. The number of benzene rings is 1. The van der Waals surface area contributed by atoms with Gasteiger partial charge in [-0.15, -0.1) is 0 Å². The molecule has 31 heavy (non-hydrogen) atoms. The summed E-state index contributed by atoms with van der Waals surface area (Å²) in [5.41, 5.74) is 0.272. The van der Waals surface area contributed by atoms with E-state index in [1.807, 2.05) is 4.90 Å². The third kappa shape index (κ3) is 4.46. The Morgan fingerprint density at radius 2 is 1.87 bits per heavy atom. The van der Waals surface area contributed by atoms with Gasteiger partial charge in [-0.05, 0) is 30.3 Å². The first-order valence-corrected chi connectivity index (χ1v) is 10.0. The monoisotopic (exact) mass is 442 g/mol. The number of rotatable bonds is 5. The van der Waals surface area contributed by atoms with E-state index in [0.717, 1.165) is 0 Å². The van der Waals surface area contributed by atoms with Crippen LogP contribution in [0.5, 0.6) is 0 Å². The standard InChI is InChI=1S/C21H19ClN4O5/c22-15-4-6-17(18(13-15)26(29)30)23-9-11-24(12-10-23)21(28)19-7-5-16(31-19)14-25-8-2-1-3-20(25)27/h1-8,13H,9-12,14H2. The van der Waals surface area contributed by atoms with Gasteiger partial charge in [0, 0.05) is 49.5 Å². The third-order valence-corrected chi connectivity index (χ3v) is 5.37. The number of nitro benzene ring substituents is 1. The van der Waals surface area contributed by atoms with Crippen molar-refractivity contribution in [3.63, 3.8) is 0 Å². The Labute approximate surface area is 182 Å². The maximum Gasteiger partial charge on any atom is 0.294 e. The van der Waals surface area contributed by atoms with Gasteiger partial charge in [-0.25, -0.2) is 0 Å². The average Bonchev–Trinajstić information content (AvgIpc) is 3.23. The van der Waals surface area contributed by atoms with E-state index in [9.17, 15) is 19.7 Å². The van der Waals surface area contributed by atoms with Crippen LogP contribution in [-0.2, 0) is 6.54 Å². The summed E-state index contributed by atoms with van der Waals surface area (Å²) < 4.78 is 7.16. The Kier molecular flexibility index (Phi) is 5.77. The summed E-state index contributed by atoms with van der Waals surface area (Å²) >= 11 is 5.89. The number of amides is 1.